The van der Waals surface area contributed by atoms with Gasteiger partial charge in [0.25, 0.3) is 0 Å². The van der Waals surface area contributed by atoms with Crippen LogP contribution in [0.25, 0.3) is 78.7 Å². The second-order valence-electron chi connectivity index (χ2n) is 14.1. The number of rotatable bonds is 5. The molecule has 54 heavy (non-hydrogen) atoms. The van der Waals surface area contributed by atoms with Crippen molar-refractivity contribution >= 4 is 45.9 Å². The third-order valence-corrected chi connectivity index (χ3v) is 10.2. The van der Waals surface area contributed by atoms with E-state index < -0.39 is 5.97 Å². The Morgan fingerprint density at radius 3 is 1.35 bits per heavy atom. The number of anilines is 1. The fourth-order valence-electron chi connectivity index (χ4n) is 7.61. The summed E-state index contributed by atoms with van der Waals surface area (Å²) in [6, 6.07) is 45.6. The van der Waals surface area contributed by atoms with Gasteiger partial charge in [-0.1, -0.05) is 120 Å². The van der Waals surface area contributed by atoms with E-state index in [0.717, 1.165) is 78.0 Å². The molecule has 2 aliphatic heterocycles. The number of aromatic nitrogens is 3. The van der Waals surface area contributed by atoms with E-state index in [1.165, 1.54) is 11.1 Å². The summed E-state index contributed by atoms with van der Waals surface area (Å²) in [5, 5.41) is 0. The molecule has 0 atom stereocenters. The zero-order valence-electron chi connectivity index (χ0n) is 30.6. The number of hydrogen-bond donors (Lipinski definition) is 2. The van der Waals surface area contributed by atoms with Gasteiger partial charge in [-0.15, -0.1) is 0 Å². The maximum atomic E-state index is 14.5. The lowest BCUT2D eigenvalue weighted by atomic mass is 9.98. The van der Waals surface area contributed by atoms with Crippen LogP contribution in [-0.2, 0) is 0 Å². The molecular weight excluding hydrogens is 665 g/mol. The summed E-state index contributed by atoms with van der Waals surface area (Å²) >= 11 is 0. The largest absolute Gasteiger partial charge is 0.420 e. The van der Waals surface area contributed by atoms with Gasteiger partial charge in [0, 0.05) is 47.3 Å². The van der Waals surface area contributed by atoms with Crippen molar-refractivity contribution in [3.8, 4) is 50.3 Å². The summed E-state index contributed by atoms with van der Waals surface area (Å²) in [4.78, 5) is 29.4. The number of nitrogens with one attached hydrogen (secondary N) is 2. The van der Waals surface area contributed by atoms with Crippen LogP contribution in [0.4, 0.5) is 5.69 Å². The summed E-state index contributed by atoms with van der Waals surface area (Å²) in [5.41, 5.74) is 16.0. The Bertz CT molecular complexity index is 2770. The topological polar surface area (TPSA) is 74.0 Å². The van der Waals surface area contributed by atoms with E-state index in [0.29, 0.717) is 17.0 Å². The number of esters is 1. The summed E-state index contributed by atoms with van der Waals surface area (Å²) in [6.07, 6.45) is 4.21. The number of carbonyl (C=O) groups excluding carboxylic acids is 1. The van der Waals surface area contributed by atoms with Gasteiger partial charge in [-0.3, -0.25) is 0 Å². The number of ether oxygens (including phenoxy) is 1. The Morgan fingerprint density at radius 2 is 0.889 bits per heavy atom. The minimum absolute atomic E-state index is 0.412. The van der Waals surface area contributed by atoms with E-state index >= 15 is 0 Å². The van der Waals surface area contributed by atoms with Crippen molar-refractivity contribution < 1.29 is 9.53 Å². The predicted molar refractivity (Wildman–Crippen MR) is 223 cm³/mol. The molecule has 0 radical (unpaired) electrons. The van der Waals surface area contributed by atoms with E-state index in [1.807, 2.05) is 67.5 Å². The van der Waals surface area contributed by atoms with Gasteiger partial charge in [0.05, 0.1) is 33.7 Å². The highest BCUT2D eigenvalue weighted by Crippen LogP contribution is 2.48. The van der Waals surface area contributed by atoms with Gasteiger partial charge >= 0.3 is 5.97 Å². The summed E-state index contributed by atoms with van der Waals surface area (Å²) in [6.45, 7) is 4.19. The van der Waals surface area contributed by atoms with E-state index in [2.05, 4.69) is 121 Å². The van der Waals surface area contributed by atoms with Gasteiger partial charge in [0.2, 0.25) is 0 Å². The fraction of sp³-hybridized carbons (Fsp3) is 0.0833. The van der Waals surface area contributed by atoms with Crippen LogP contribution in [0.3, 0.4) is 0 Å². The Morgan fingerprint density at radius 1 is 0.481 bits per heavy atom. The number of benzene rings is 4. The molecule has 0 aliphatic carbocycles. The first-order chi connectivity index (χ1) is 26.3. The maximum absolute atomic E-state index is 14.5. The molecule has 5 heterocycles. The highest BCUT2D eigenvalue weighted by atomic mass is 16.5. The first-order valence-corrected chi connectivity index (χ1v) is 18.1. The van der Waals surface area contributed by atoms with Crippen molar-refractivity contribution in [2.75, 3.05) is 19.0 Å². The van der Waals surface area contributed by atoms with Gasteiger partial charge in [0.15, 0.2) is 5.75 Å². The molecule has 6 nitrogen and oxygen atoms in total. The van der Waals surface area contributed by atoms with E-state index in [1.54, 1.807) is 0 Å². The number of hydrogen-bond acceptors (Lipinski definition) is 4. The van der Waals surface area contributed by atoms with Crippen molar-refractivity contribution in [2.45, 2.75) is 13.8 Å². The van der Waals surface area contributed by atoms with Crippen molar-refractivity contribution in [3.05, 3.63) is 162 Å². The van der Waals surface area contributed by atoms with Crippen molar-refractivity contribution in [1.29, 1.82) is 0 Å². The number of nitrogens with zero attached hydrogens (tertiary/aromatic N) is 2. The number of fused-ring (bicyclic) bond motifs is 8. The normalized spacial score (nSPS) is 12.2. The van der Waals surface area contributed by atoms with Crippen molar-refractivity contribution in [1.82, 2.24) is 15.0 Å². The highest BCUT2D eigenvalue weighted by Gasteiger charge is 2.33. The zero-order valence-corrected chi connectivity index (χ0v) is 30.6. The molecule has 0 fully saturated rings. The van der Waals surface area contributed by atoms with Crippen LogP contribution in [0.15, 0.2) is 133 Å². The van der Waals surface area contributed by atoms with Crippen LogP contribution in [0.2, 0.25) is 0 Å². The van der Waals surface area contributed by atoms with Crippen LogP contribution in [0, 0.1) is 13.8 Å². The molecule has 8 bridgehead atoms. The first-order valence-electron chi connectivity index (χ1n) is 18.1. The smallest absolute Gasteiger partial charge is 0.346 e. The van der Waals surface area contributed by atoms with Gasteiger partial charge < -0.3 is 19.6 Å². The Labute approximate surface area is 314 Å². The summed E-state index contributed by atoms with van der Waals surface area (Å²) in [7, 11) is 3.93. The number of H-pyrrole nitrogens is 2. The van der Waals surface area contributed by atoms with E-state index in [-0.39, 0.29) is 0 Å². The molecule has 3 aromatic heterocycles. The molecule has 0 unspecified atom stereocenters. The molecule has 0 saturated heterocycles. The average Bonchev–Trinajstić information content (AvgIpc) is 4.01. The predicted octanol–water partition coefficient (Wildman–Crippen LogP) is 11.7. The van der Waals surface area contributed by atoms with Crippen molar-refractivity contribution in [3.63, 3.8) is 0 Å². The molecule has 2 N–H and O–H groups in total. The Kier molecular flexibility index (Phi) is 8.08. The molecule has 262 valence electrons. The van der Waals surface area contributed by atoms with Crippen molar-refractivity contribution in [2.24, 2.45) is 0 Å². The molecule has 0 saturated carbocycles. The standard InChI is InChI=1S/C48H38N4O2/c1-29-15-19-33(20-16-29)41-35-23-24-36(49-35)42(34-21-17-30(2)18-22-34)38-26-28-40(51-38)44(32-13-9-6-10-14-32)47-46(52(3)4)45(48(53)54-47)43(31-11-7-5-8-12-31)39-27-25-37(41)50-39/h5-28,50-51H,1-4H3. The maximum Gasteiger partial charge on any atom is 0.346 e. The summed E-state index contributed by atoms with van der Waals surface area (Å²) in [5.74, 6) is 0.0780. The molecule has 0 spiro atoms. The minimum atomic E-state index is -0.412. The molecule has 0 amide bonds. The quantitative estimate of drug-likeness (QED) is 0.175. The minimum Gasteiger partial charge on any atom is -0.420 e. The number of aryl methyl sites for hydroxylation is 2. The van der Waals surface area contributed by atoms with Gasteiger partial charge in [-0.05, 0) is 72.5 Å². The third kappa shape index (κ3) is 5.69. The number of aromatic amines is 2. The lowest BCUT2D eigenvalue weighted by Crippen LogP contribution is -2.10. The molecule has 9 rings (SSSR count). The van der Waals surface area contributed by atoms with Gasteiger partial charge in [-0.2, -0.15) is 0 Å². The lowest BCUT2D eigenvalue weighted by Gasteiger charge is -2.15. The molecule has 2 aliphatic rings. The van der Waals surface area contributed by atoms with Crippen LogP contribution in [-0.4, -0.2) is 35.0 Å². The van der Waals surface area contributed by atoms with Gasteiger partial charge in [0.1, 0.15) is 0 Å². The molecule has 4 aromatic carbocycles. The Hall–Kier alpha value is -6.92. The molecular formula is C48H38N4O2. The zero-order chi connectivity index (χ0) is 36.9. The highest BCUT2D eigenvalue weighted by molar-refractivity contribution is 6.14. The second-order valence-corrected chi connectivity index (χ2v) is 14.1. The monoisotopic (exact) mass is 702 g/mol. The Balaban J connectivity index is 1.54. The van der Waals surface area contributed by atoms with Gasteiger partial charge in [-0.25, -0.2) is 9.78 Å². The van der Waals surface area contributed by atoms with E-state index in [4.69, 9.17) is 9.72 Å². The van der Waals surface area contributed by atoms with Crippen LogP contribution in [0.1, 0.15) is 32.9 Å². The van der Waals surface area contributed by atoms with E-state index in [9.17, 15) is 4.79 Å². The summed E-state index contributed by atoms with van der Waals surface area (Å²) < 4.78 is 6.45. The molecule has 6 heteroatoms. The average molecular weight is 703 g/mol. The van der Waals surface area contributed by atoms with Crippen LogP contribution < -0.4 is 9.64 Å². The van der Waals surface area contributed by atoms with Crippen LogP contribution in [0.5, 0.6) is 5.75 Å². The lowest BCUT2D eigenvalue weighted by molar-refractivity contribution is 0.0755. The second kappa shape index (κ2) is 13.2. The third-order valence-electron chi connectivity index (χ3n) is 10.2. The SMILES string of the molecule is Cc1ccc(-c2c3nc(c(-c4ccc(C)cc4)c4ccc([nH]4)c(-c4ccccc4)c4c(N(C)C)c(c(-c5ccccc5)c5ccc2[nH]5)OC4=O)C=C3)cc1. The first kappa shape index (κ1) is 33.0. The molecule has 7 aromatic rings. The number of carbonyl (C=O) groups is 1. The fourth-order valence-corrected chi connectivity index (χ4v) is 7.61. The van der Waals surface area contributed by atoms with Crippen LogP contribution >= 0.6 is 0 Å².